The van der Waals surface area contributed by atoms with E-state index in [0.717, 1.165) is 96.3 Å². The molecule has 0 aromatic carbocycles. The van der Waals surface area contributed by atoms with Crippen LogP contribution in [0.15, 0.2) is 109 Å². The van der Waals surface area contributed by atoms with Crippen molar-refractivity contribution < 1.29 is 28.6 Å². The molecule has 0 unspecified atom stereocenters. The van der Waals surface area contributed by atoms with Crippen LogP contribution >= 0.6 is 0 Å². The molecule has 0 bridgehead atoms. The molecule has 0 aliphatic rings. The number of carbonyl (C=O) groups excluding carboxylic acids is 3. The van der Waals surface area contributed by atoms with E-state index in [-0.39, 0.29) is 31.1 Å². The third-order valence-electron chi connectivity index (χ3n) is 11.7. The first kappa shape index (κ1) is 65.1. The molecule has 0 aliphatic carbocycles. The van der Waals surface area contributed by atoms with Gasteiger partial charge in [-0.3, -0.25) is 14.4 Å². The second-order valence-electron chi connectivity index (χ2n) is 18.4. The molecule has 0 heterocycles. The van der Waals surface area contributed by atoms with Gasteiger partial charge in [0.1, 0.15) is 13.2 Å². The van der Waals surface area contributed by atoms with E-state index in [0.29, 0.717) is 32.1 Å². The van der Waals surface area contributed by atoms with Crippen LogP contribution in [0.4, 0.5) is 0 Å². The van der Waals surface area contributed by atoms with Crippen LogP contribution in [-0.4, -0.2) is 37.2 Å². The average molecular weight is 958 g/mol. The highest BCUT2D eigenvalue weighted by Gasteiger charge is 2.19. The summed E-state index contributed by atoms with van der Waals surface area (Å²) in [7, 11) is 0. The van der Waals surface area contributed by atoms with E-state index in [9.17, 15) is 14.4 Å². The summed E-state index contributed by atoms with van der Waals surface area (Å²) >= 11 is 0. The van der Waals surface area contributed by atoms with Gasteiger partial charge in [0.15, 0.2) is 6.10 Å². The summed E-state index contributed by atoms with van der Waals surface area (Å²) in [6, 6.07) is 0. The molecule has 0 spiro atoms. The number of allylic oxidation sites excluding steroid dienone is 18. The molecule has 0 N–H and O–H groups in total. The Balaban J connectivity index is 4.47. The summed E-state index contributed by atoms with van der Waals surface area (Å²) < 4.78 is 16.8. The predicted molar refractivity (Wildman–Crippen MR) is 297 cm³/mol. The maximum absolute atomic E-state index is 12.9. The number of hydrogen-bond donors (Lipinski definition) is 0. The number of hydrogen-bond acceptors (Lipinski definition) is 6. The highest BCUT2D eigenvalue weighted by molar-refractivity contribution is 5.71. The van der Waals surface area contributed by atoms with Crippen LogP contribution in [0, 0.1) is 0 Å². The average Bonchev–Trinajstić information content (AvgIpc) is 3.35. The fourth-order valence-electron chi connectivity index (χ4n) is 7.54. The first-order valence-corrected chi connectivity index (χ1v) is 28.4. The number of carbonyl (C=O) groups is 3. The Labute approximate surface area is 425 Å². The van der Waals surface area contributed by atoms with E-state index in [4.69, 9.17) is 14.2 Å². The van der Waals surface area contributed by atoms with Gasteiger partial charge < -0.3 is 14.2 Å². The Bertz CT molecular complexity index is 1350. The largest absolute Gasteiger partial charge is 0.462 e. The van der Waals surface area contributed by atoms with Gasteiger partial charge in [0.2, 0.25) is 0 Å². The van der Waals surface area contributed by atoms with Gasteiger partial charge in [0.05, 0.1) is 0 Å². The van der Waals surface area contributed by atoms with Crippen molar-refractivity contribution in [3.63, 3.8) is 0 Å². The third-order valence-corrected chi connectivity index (χ3v) is 11.7. The van der Waals surface area contributed by atoms with Gasteiger partial charge in [0.25, 0.3) is 0 Å². The van der Waals surface area contributed by atoms with Gasteiger partial charge in [-0.2, -0.15) is 0 Å². The Kier molecular flexibility index (Phi) is 53.4. The Morgan fingerprint density at radius 3 is 0.928 bits per heavy atom. The summed E-state index contributed by atoms with van der Waals surface area (Å²) in [5, 5.41) is 0. The lowest BCUT2D eigenvalue weighted by molar-refractivity contribution is -0.167. The predicted octanol–water partition coefficient (Wildman–Crippen LogP) is 19.1. The highest BCUT2D eigenvalue weighted by atomic mass is 16.6. The normalized spacial score (nSPS) is 12.5. The van der Waals surface area contributed by atoms with Crippen molar-refractivity contribution in [3.05, 3.63) is 109 Å². The smallest absolute Gasteiger partial charge is 0.306 e. The van der Waals surface area contributed by atoms with Crippen molar-refractivity contribution in [2.45, 2.75) is 258 Å². The van der Waals surface area contributed by atoms with Crippen molar-refractivity contribution in [2.75, 3.05) is 13.2 Å². The minimum Gasteiger partial charge on any atom is -0.462 e. The Morgan fingerprint density at radius 2 is 0.565 bits per heavy atom. The van der Waals surface area contributed by atoms with Crippen LogP contribution in [-0.2, 0) is 28.6 Å². The van der Waals surface area contributed by atoms with Crippen LogP contribution in [0.1, 0.15) is 252 Å². The van der Waals surface area contributed by atoms with Gasteiger partial charge in [-0.05, 0) is 122 Å². The van der Waals surface area contributed by atoms with Gasteiger partial charge in [0, 0.05) is 19.3 Å². The molecule has 69 heavy (non-hydrogen) atoms. The fraction of sp³-hybridized carbons (Fsp3) is 0.667. The molecule has 0 aromatic rings. The minimum absolute atomic E-state index is 0.114. The summed E-state index contributed by atoms with van der Waals surface area (Å²) in [5.41, 5.74) is 0. The zero-order chi connectivity index (χ0) is 50.0. The molecule has 0 atom stereocenters. The summed E-state index contributed by atoms with van der Waals surface area (Å²) in [6.07, 6.45) is 76.6. The summed E-state index contributed by atoms with van der Waals surface area (Å²) in [5.74, 6) is -0.994. The van der Waals surface area contributed by atoms with Crippen molar-refractivity contribution in [3.8, 4) is 0 Å². The first-order chi connectivity index (χ1) is 34.0. The lowest BCUT2D eigenvalue weighted by atomic mass is 10.0. The lowest BCUT2D eigenvalue weighted by Gasteiger charge is -2.18. The van der Waals surface area contributed by atoms with Gasteiger partial charge in [-0.15, -0.1) is 0 Å². The van der Waals surface area contributed by atoms with E-state index < -0.39 is 6.10 Å². The maximum Gasteiger partial charge on any atom is 0.306 e. The van der Waals surface area contributed by atoms with E-state index in [1.165, 1.54) is 103 Å². The van der Waals surface area contributed by atoms with Gasteiger partial charge in [-0.25, -0.2) is 0 Å². The molecule has 0 rings (SSSR count). The van der Waals surface area contributed by atoms with Crippen molar-refractivity contribution >= 4 is 17.9 Å². The maximum atomic E-state index is 12.9. The number of ether oxygens (including phenoxy) is 3. The Hall–Kier alpha value is -3.93. The van der Waals surface area contributed by atoms with Crippen molar-refractivity contribution in [2.24, 2.45) is 0 Å². The van der Waals surface area contributed by atoms with Crippen LogP contribution in [0.2, 0.25) is 0 Å². The number of rotatable bonds is 50. The second-order valence-corrected chi connectivity index (χ2v) is 18.4. The first-order valence-electron chi connectivity index (χ1n) is 28.4. The zero-order valence-corrected chi connectivity index (χ0v) is 44.8. The van der Waals surface area contributed by atoms with Crippen LogP contribution < -0.4 is 0 Å². The molecule has 0 saturated carbocycles. The monoisotopic (exact) mass is 957 g/mol. The quantitative estimate of drug-likeness (QED) is 0.0262. The number of esters is 3. The molecule has 6 nitrogen and oxygen atoms in total. The van der Waals surface area contributed by atoms with Crippen LogP contribution in [0.25, 0.3) is 0 Å². The summed E-state index contributed by atoms with van der Waals surface area (Å²) in [6.45, 7) is 6.34. The Morgan fingerprint density at radius 1 is 0.304 bits per heavy atom. The molecule has 0 aromatic heterocycles. The van der Waals surface area contributed by atoms with Gasteiger partial charge in [-0.1, -0.05) is 220 Å². The number of unbranched alkanes of at least 4 members (excludes halogenated alkanes) is 21. The van der Waals surface area contributed by atoms with Gasteiger partial charge >= 0.3 is 17.9 Å². The highest BCUT2D eigenvalue weighted by Crippen LogP contribution is 2.15. The molecule has 392 valence electrons. The zero-order valence-electron chi connectivity index (χ0n) is 44.8. The van der Waals surface area contributed by atoms with E-state index in [2.05, 4.69) is 130 Å². The standard InChI is InChI=1S/C63H104O6/c1-4-7-10-13-16-19-22-25-28-29-30-31-32-33-36-39-42-45-48-51-54-57-63(66)69-60(58-67-61(64)55-52-49-46-43-40-37-34-26-23-20-17-14-11-8-5-2)59-68-62(65)56-53-50-47-44-41-38-35-27-24-21-18-15-12-9-6-3/h8-9,11-12,17-18,20-21,25-28,34-35,40-41,43-44,60H,4-7,10,13-16,19,22-24,29-33,36-39,42,45-59H2,1-3H3/b11-8-,12-9-,20-17-,21-18-,28-25-,34-26-,35-27-,43-40-,44-41-. The molecule has 0 aliphatic heterocycles. The molecule has 0 fully saturated rings. The molecular weight excluding hydrogens is 853 g/mol. The lowest BCUT2D eigenvalue weighted by Crippen LogP contribution is -2.30. The molecule has 6 heteroatoms. The summed E-state index contributed by atoms with van der Waals surface area (Å²) in [4.78, 5) is 38.1. The second kappa shape index (κ2) is 56.7. The van der Waals surface area contributed by atoms with Crippen molar-refractivity contribution in [1.29, 1.82) is 0 Å². The third kappa shape index (κ3) is 54.9. The van der Waals surface area contributed by atoms with E-state index in [1.807, 2.05) is 0 Å². The minimum atomic E-state index is -0.814. The SMILES string of the molecule is CC/C=C\C/C=C\C/C=C\C/C=C\CCCCC(=O)OCC(COC(=O)CCCC/C=C\C/C=C\C/C=C\C/C=C\CC)OC(=O)CCCCCCCCCCCCC/C=C\CCCCCCCC. The van der Waals surface area contributed by atoms with Crippen LogP contribution in [0.5, 0.6) is 0 Å². The van der Waals surface area contributed by atoms with Crippen molar-refractivity contribution in [1.82, 2.24) is 0 Å². The topological polar surface area (TPSA) is 78.9 Å². The molecular formula is C63H104O6. The fourth-order valence-corrected chi connectivity index (χ4v) is 7.54. The van der Waals surface area contributed by atoms with E-state index in [1.54, 1.807) is 0 Å². The molecule has 0 amide bonds. The molecule has 0 radical (unpaired) electrons. The van der Waals surface area contributed by atoms with E-state index >= 15 is 0 Å². The molecule has 0 saturated heterocycles. The van der Waals surface area contributed by atoms with Crippen LogP contribution in [0.3, 0.4) is 0 Å².